The number of rotatable bonds is 9. The van der Waals surface area contributed by atoms with Gasteiger partial charge in [-0.05, 0) is 54.7 Å². The van der Waals surface area contributed by atoms with E-state index in [9.17, 15) is 26.4 Å². The molecule has 0 fully saturated rings. The second kappa shape index (κ2) is 10.7. The first-order valence-electron chi connectivity index (χ1n) is 11.4. The van der Waals surface area contributed by atoms with Crippen molar-refractivity contribution in [1.29, 1.82) is 0 Å². The fraction of sp³-hybridized carbons (Fsp3) is 0.296. The third-order valence-electron chi connectivity index (χ3n) is 5.86. The van der Waals surface area contributed by atoms with E-state index in [-0.39, 0.29) is 22.0 Å². The summed E-state index contributed by atoms with van der Waals surface area (Å²) in [6, 6.07) is 20.7. The van der Waals surface area contributed by atoms with E-state index in [4.69, 9.17) is 0 Å². The highest BCUT2D eigenvalue weighted by Crippen LogP contribution is 2.33. The molecule has 0 bridgehead atoms. The lowest BCUT2D eigenvalue weighted by atomic mass is 9.79. The minimum atomic E-state index is -4.67. The number of sulfonamides is 1. The van der Waals surface area contributed by atoms with Gasteiger partial charge in [0.2, 0.25) is 5.91 Å². The number of nitrogens with one attached hydrogen (secondary N) is 1. The standard InChI is InChI=1S/C27H29F3N2O3S/c1-20(18-26(2,3)21-11-6-4-7-12-21)31-25(33)19-32(36(34,35)24-15-8-5-9-16-24)23-14-10-13-22(17-23)27(28,29)30/h4-17,20H,18-19H2,1-3H3,(H,31,33). The highest BCUT2D eigenvalue weighted by molar-refractivity contribution is 7.92. The number of alkyl halides is 3. The van der Waals surface area contributed by atoms with Gasteiger partial charge in [-0.15, -0.1) is 0 Å². The van der Waals surface area contributed by atoms with E-state index < -0.39 is 34.2 Å². The van der Waals surface area contributed by atoms with Crippen LogP contribution in [0.2, 0.25) is 0 Å². The SMILES string of the molecule is CC(CC(C)(C)c1ccccc1)NC(=O)CN(c1cccc(C(F)(F)F)c1)S(=O)(=O)c1ccccc1. The van der Waals surface area contributed by atoms with Crippen LogP contribution in [-0.4, -0.2) is 26.9 Å². The van der Waals surface area contributed by atoms with Crippen molar-refractivity contribution in [2.24, 2.45) is 0 Å². The minimum Gasteiger partial charge on any atom is -0.352 e. The molecule has 0 saturated carbocycles. The van der Waals surface area contributed by atoms with Gasteiger partial charge >= 0.3 is 6.18 Å². The molecule has 0 aliphatic carbocycles. The number of anilines is 1. The normalized spacial score (nSPS) is 13.2. The smallest absolute Gasteiger partial charge is 0.352 e. The first-order valence-corrected chi connectivity index (χ1v) is 12.8. The van der Waals surface area contributed by atoms with Crippen LogP contribution >= 0.6 is 0 Å². The van der Waals surface area contributed by atoms with E-state index in [1.807, 2.05) is 51.1 Å². The number of hydrogen-bond donors (Lipinski definition) is 1. The quantitative estimate of drug-likeness (QED) is 0.391. The van der Waals surface area contributed by atoms with Gasteiger partial charge < -0.3 is 5.32 Å². The molecule has 3 aromatic rings. The Morgan fingerprint density at radius 3 is 2.03 bits per heavy atom. The van der Waals surface area contributed by atoms with Crippen molar-refractivity contribution < 1.29 is 26.4 Å². The summed E-state index contributed by atoms with van der Waals surface area (Å²) in [7, 11) is -4.32. The Balaban J connectivity index is 1.86. The lowest BCUT2D eigenvalue weighted by molar-refractivity contribution is -0.137. The van der Waals surface area contributed by atoms with Crippen molar-refractivity contribution in [3.63, 3.8) is 0 Å². The van der Waals surface area contributed by atoms with Crippen LogP contribution in [0.3, 0.4) is 0 Å². The van der Waals surface area contributed by atoms with Crippen molar-refractivity contribution >= 4 is 21.6 Å². The maximum Gasteiger partial charge on any atom is 0.416 e. The molecule has 0 aliphatic heterocycles. The molecular weight excluding hydrogens is 489 g/mol. The molecule has 0 saturated heterocycles. The number of carbonyl (C=O) groups excluding carboxylic acids is 1. The van der Waals surface area contributed by atoms with Gasteiger partial charge in [-0.25, -0.2) is 8.42 Å². The Bertz CT molecular complexity index is 1280. The van der Waals surface area contributed by atoms with E-state index in [0.29, 0.717) is 10.7 Å². The van der Waals surface area contributed by atoms with Crippen LogP contribution in [0.1, 0.15) is 38.3 Å². The molecular formula is C27H29F3N2O3S. The van der Waals surface area contributed by atoms with E-state index in [0.717, 1.165) is 23.8 Å². The molecule has 3 aromatic carbocycles. The molecule has 5 nitrogen and oxygen atoms in total. The van der Waals surface area contributed by atoms with Gasteiger partial charge in [-0.2, -0.15) is 13.2 Å². The molecule has 3 rings (SSSR count). The number of nitrogens with zero attached hydrogens (tertiary/aromatic N) is 1. The first kappa shape index (κ1) is 27.3. The molecule has 1 amide bonds. The van der Waals surface area contributed by atoms with Crippen LogP contribution in [0.15, 0.2) is 89.8 Å². The van der Waals surface area contributed by atoms with Crippen LogP contribution in [-0.2, 0) is 26.4 Å². The average molecular weight is 519 g/mol. The predicted octanol–water partition coefficient (Wildman–Crippen LogP) is 5.77. The average Bonchev–Trinajstić information content (AvgIpc) is 2.82. The molecule has 9 heteroatoms. The summed E-state index contributed by atoms with van der Waals surface area (Å²) in [6.45, 7) is 5.22. The van der Waals surface area contributed by atoms with Crippen LogP contribution in [0.5, 0.6) is 0 Å². The van der Waals surface area contributed by atoms with Crippen molar-refractivity contribution in [3.8, 4) is 0 Å². The molecule has 0 aliphatic rings. The molecule has 0 heterocycles. The fourth-order valence-electron chi connectivity index (χ4n) is 4.15. The van der Waals surface area contributed by atoms with E-state index >= 15 is 0 Å². The molecule has 36 heavy (non-hydrogen) atoms. The topological polar surface area (TPSA) is 66.5 Å². The summed E-state index contributed by atoms with van der Waals surface area (Å²) in [5, 5.41) is 2.81. The van der Waals surface area contributed by atoms with E-state index in [1.54, 1.807) is 6.07 Å². The maximum atomic E-state index is 13.4. The van der Waals surface area contributed by atoms with Gasteiger partial charge in [-0.1, -0.05) is 68.4 Å². The molecule has 1 unspecified atom stereocenters. The number of amides is 1. The zero-order valence-corrected chi connectivity index (χ0v) is 21.1. The number of hydrogen-bond acceptors (Lipinski definition) is 3. The van der Waals surface area contributed by atoms with Crippen LogP contribution in [0.4, 0.5) is 18.9 Å². The predicted molar refractivity (Wildman–Crippen MR) is 134 cm³/mol. The third kappa shape index (κ3) is 6.66. The fourth-order valence-corrected chi connectivity index (χ4v) is 5.58. The summed E-state index contributed by atoms with van der Waals surface area (Å²) >= 11 is 0. The number of carbonyl (C=O) groups is 1. The summed E-state index contributed by atoms with van der Waals surface area (Å²) in [5.41, 5.74) is -0.443. The van der Waals surface area contributed by atoms with Crippen molar-refractivity contribution in [2.45, 2.75) is 49.7 Å². The first-order chi connectivity index (χ1) is 16.8. The Kier molecular flexibility index (Phi) is 8.13. The van der Waals surface area contributed by atoms with Crippen LogP contribution in [0, 0.1) is 0 Å². The van der Waals surface area contributed by atoms with E-state index in [2.05, 4.69) is 5.32 Å². The zero-order chi connectivity index (χ0) is 26.6. The lowest BCUT2D eigenvalue weighted by Crippen LogP contribution is -2.45. The van der Waals surface area contributed by atoms with Gasteiger partial charge in [0.1, 0.15) is 6.54 Å². The van der Waals surface area contributed by atoms with Crippen molar-refractivity contribution in [1.82, 2.24) is 5.32 Å². The molecule has 0 radical (unpaired) electrons. The minimum absolute atomic E-state index is 0.131. The maximum absolute atomic E-state index is 13.4. The van der Waals surface area contributed by atoms with Crippen molar-refractivity contribution in [3.05, 3.63) is 96.1 Å². The molecule has 1 atom stereocenters. The zero-order valence-electron chi connectivity index (χ0n) is 20.3. The summed E-state index contributed by atoms with van der Waals surface area (Å²) in [5.74, 6) is -0.622. The monoisotopic (exact) mass is 518 g/mol. The Labute approximate surface area is 210 Å². The summed E-state index contributed by atoms with van der Waals surface area (Å²) < 4.78 is 67.5. The third-order valence-corrected chi connectivity index (χ3v) is 7.65. The second-order valence-corrected chi connectivity index (χ2v) is 11.2. The van der Waals surface area contributed by atoms with Gasteiger partial charge in [0.15, 0.2) is 0 Å². The highest BCUT2D eigenvalue weighted by Gasteiger charge is 2.33. The lowest BCUT2D eigenvalue weighted by Gasteiger charge is -2.30. The van der Waals surface area contributed by atoms with Crippen LogP contribution < -0.4 is 9.62 Å². The molecule has 192 valence electrons. The van der Waals surface area contributed by atoms with E-state index in [1.165, 1.54) is 30.3 Å². The molecule has 1 N–H and O–H groups in total. The number of benzene rings is 3. The van der Waals surface area contributed by atoms with Crippen LogP contribution in [0.25, 0.3) is 0 Å². The van der Waals surface area contributed by atoms with Gasteiger partial charge in [0.05, 0.1) is 16.1 Å². The second-order valence-electron chi connectivity index (χ2n) is 9.30. The number of halogens is 3. The molecule has 0 aromatic heterocycles. The molecule has 0 spiro atoms. The summed E-state index contributed by atoms with van der Waals surface area (Å²) in [4.78, 5) is 12.8. The Morgan fingerprint density at radius 1 is 0.889 bits per heavy atom. The van der Waals surface area contributed by atoms with Gasteiger partial charge in [-0.3, -0.25) is 9.10 Å². The van der Waals surface area contributed by atoms with Gasteiger partial charge in [0, 0.05) is 6.04 Å². The Morgan fingerprint density at radius 2 is 1.44 bits per heavy atom. The van der Waals surface area contributed by atoms with Gasteiger partial charge in [0.25, 0.3) is 10.0 Å². The Hall–Kier alpha value is -3.33. The largest absolute Gasteiger partial charge is 0.416 e. The summed E-state index contributed by atoms with van der Waals surface area (Å²) in [6.07, 6.45) is -4.10. The highest BCUT2D eigenvalue weighted by atomic mass is 32.2. The van der Waals surface area contributed by atoms with Crippen molar-refractivity contribution in [2.75, 3.05) is 10.8 Å².